The van der Waals surface area contributed by atoms with Gasteiger partial charge >= 0.3 is 0 Å². The summed E-state index contributed by atoms with van der Waals surface area (Å²) in [6.45, 7) is 0.714. The number of rotatable bonds is 6. The third kappa shape index (κ3) is 4.75. The van der Waals surface area contributed by atoms with E-state index in [0.717, 1.165) is 26.7 Å². The molecule has 0 atom stereocenters. The number of imidazole rings is 1. The van der Waals surface area contributed by atoms with Crippen LogP contribution in [0.15, 0.2) is 47.9 Å². The van der Waals surface area contributed by atoms with Crippen molar-refractivity contribution < 1.29 is 13.2 Å². The van der Waals surface area contributed by atoms with Crippen LogP contribution in [0.3, 0.4) is 0 Å². The van der Waals surface area contributed by atoms with Gasteiger partial charge in [-0.25, -0.2) is 18.4 Å². The molecule has 9 nitrogen and oxygen atoms in total. The first kappa shape index (κ1) is 24.0. The number of thiazole rings is 1. The molecular formula is C23H21IN6O3S2. The van der Waals surface area contributed by atoms with E-state index in [1.165, 1.54) is 21.9 Å². The molecule has 5 rings (SSSR count). The highest BCUT2D eigenvalue weighted by Crippen LogP contribution is 2.33. The lowest BCUT2D eigenvalue weighted by Crippen LogP contribution is -2.33. The van der Waals surface area contributed by atoms with Gasteiger partial charge in [0.25, 0.3) is 0 Å². The minimum Gasteiger partial charge on any atom is -0.303 e. The van der Waals surface area contributed by atoms with Crippen LogP contribution >= 0.6 is 33.9 Å². The maximum atomic E-state index is 11.9. The number of carbonyl (C=O) groups excluding carboxylic acids is 1. The zero-order valence-corrected chi connectivity index (χ0v) is 22.7. The Morgan fingerprint density at radius 2 is 1.89 bits per heavy atom. The average Bonchev–Trinajstić information content (AvgIpc) is 3.48. The van der Waals surface area contributed by atoms with Crippen LogP contribution in [0.2, 0.25) is 0 Å². The van der Waals surface area contributed by atoms with Crippen LogP contribution in [0.1, 0.15) is 22.6 Å². The molecule has 4 aromatic rings. The number of aromatic nitrogens is 4. The lowest BCUT2D eigenvalue weighted by Gasteiger charge is -2.24. The van der Waals surface area contributed by atoms with E-state index in [1.54, 1.807) is 4.52 Å². The summed E-state index contributed by atoms with van der Waals surface area (Å²) < 4.78 is 27.9. The van der Waals surface area contributed by atoms with Crippen LogP contribution in [-0.4, -0.2) is 65.0 Å². The summed E-state index contributed by atoms with van der Waals surface area (Å²) in [6.07, 6.45) is 4.37. The fraction of sp³-hybridized carbons (Fsp3) is 0.217. The van der Waals surface area contributed by atoms with E-state index in [-0.39, 0.29) is 5.69 Å². The smallest absolute Gasteiger partial charge is 0.211 e. The summed E-state index contributed by atoms with van der Waals surface area (Å²) >= 11 is 3.74. The van der Waals surface area contributed by atoms with Crippen molar-refractivity contribution in [3.05, 3.63) is 62.8 Å². The Kier molecular flexibility index (Phi) is 6.46. The van der Waals surface area contributed by atoms with E-state index in [9.17, 15) is 13.2 Å². The first-order chi connectivity index (χ1) is 16.7. The average molecular weight is 620 g/mol. The topological polar surface area (TPSA) is 101 Å². The van der Waals surface area contributed by atoms with Gasteiger partial charge in [-0.2, -0.15) is 13.9 Å². The van der Waals surface area contributed by atoms with Gasteiger partial charge in [-0.05, 0) is 58.9 Å². The van der Waals surface area contributed by atoms with Crippen molar-refractivity contribution >= 4 is 72.4 Å². The SMILES string of the molecule is CN(c1nc(-c2ccc(I)cc2)cs1)c1c(C=O)nc2ccc(C3=CCN(S(C)(=O)=O)CC3)nn12. The molecule has 1 aliphatic rings. The number of carbonyl (C=O) groups is 1. The molecule has 35 heavy (non-hydrogen) atoms. The predicted molar refractivity (Wildman–Crippen MR) is 146 cm³/mol. The van der Waals surface area contributed by atoms with Crippen molar-refractivity contribution in [3.8, 4) is 11.3 Å². The number of sulfonamides is 1. The van der Waals surface area contributed by atoms with Crippen LogP contribution in [-0.2, 0) is 10.0 Å². The normalized spacial score (nSPS) is 14.8. The standard InChI is InChI=1S/C23H21IN6O3S2/c1-28(23-26-20(14-34-23)15-3-5-17(24)6-4-15)22-19(13-31)25-21-8-7-18(27-30(21)22)16-9-11-29(12-10-16)35(2,32)33/h3-9,13-14H,10-12H2,1-2H3. The third-order valence-electron chi connectivity index (χ3n) is 5.80. The fourth-order valence-electron chi connectivity index (χ4n) is 3.95. The van der Waals surface area contributed by atoms with E-state index in [1.807, 2.05) is 59.8 Å². The molecule has 0 fully saturated rings. The molecule has 0 saturated carbocycles. The van der Waals surface area contributed by atoms with Gasteiger partial charge in [0.15, 0.2) is 22.9 Å². The van der Waals surface area contributed by atoms with Crippen molar-refractivity contribution in [1.29, 1.82) is 0 Å². The lowest BCUT2D eigenvalue weighted by atomic mass is 10.1. The summed E-state index contributed by atoms with van der Waals surface area (Å²) in [6, 6.07) is 11.8. The Bertz CT molecular complexity index is 1560. The van der Waals surface area contributed by atoms with Crippen molar-refractivity contribution in [1.82, 2.24) is 23.9 Å². The van der Waals surface area contributed by atoms with Crippen LogP contribution in [0, 0.1) is 3.57 Å². The number of fused-ring (bicyclic) bond motifs is 1. The molecule has 0 aliphatic carbocycles. The second-order valence-corrected chi connectivity index (χ2v) is 12.2. The highest BCUT2D eigenvalue weighted by Gasteiger charge is 2.23. The fourth-order valence-corrected chi connectivity index (χ4v) is 5.88. The molecule has 0 spiro atoms. The molecule has 0 bridgehead atoms. The first-order valence-corrected chi connectivity index (χ1v) is 14.5. The number of hydrogen-bond acceptors (Lipinski definition) is 8. The van der Waals surface area contributed by atoms with Crippen molar-refractivity contribution in [2.45, 2.75) is 6.42 Å². The third-order valence-corrected chi connectivity index (χ3v) is 8.70. The quantitative estimate of drug-likeness (QED) is 0.237. The van der Waals surface area contributed by atoms with Gasteiger partial charge in [0, 0.05) is 34.7 Å². The van der Waals surface area contributed by atoms with Crippen molar-refractivity contribution in [2.24, 2.45) is 0 Å². The minimum atomic E-state index is -3.23. The number of benzene rings is 1. The van der Waals surface area contributed by atoms with Gasteiger partial charge in [-0.15, -0.1) is 11.3 Å². The monoisotopic (exact) mass is 620 g/mol. The lowest BCUT2D eigenvalue weighted by molar-refractivity contribution is 0.112. The molecule has 1 aliphatic heterocycles. The van der Waals surface area contributed by atoms with Crippen LogP contribution in [0.5, 0.6) is 0 Å². The molecule has 180 valence electrons. The van der Waals surface area contributed by atoms with Crippen LogP contribution in [0.4, 0.5) is 10.9 Å². The molecule has 0 unspecified atom stereocenters. The summed E-state index contributed by atoms with van der Waals surface area (Å²) in [5, 5.41) is 7.46. The van der Waals surface area contributed by atoms with Crippen molar-refractivity contribution in [2.75, 3.05) is 31.3 Å². The molecule has 0 radical (unpaired) electrons. The summed E-state index contributed by atoms with van der Waals surface area (Å²) in [7, 11) is -1.40. The molecular weight excluding hydrogens is 599 g/mol. The predicted octanol–water partition coefficient (Wildman–Crippen LogP) is 4.09. The summed E-state index contributed by atoms with van der Waals surface area (Å²) in [5.41, 5.74) is 4.35. The van der Waals surface area contributed by atoms with E-state index in [2.05, 4.69) is 27.6 Å². The van der Waals surface area contributed by atoms with Crippen LogP contribution in [0.25, 0.3) is 22.5 Å². The maximum Gasteiger partial charge on any atom is 0.211 e. The number of hydrogen-bond donors (Lipinski definition) is 0. The second-order valence-electron chi connectivity index (χ2n) is 8.11. The second kappa shape index (κ2) is 9.41. The van der Waals surface area contributed by atoms with Crippen molar-refractivity contribution in [3.63, 3.8) is 0 Å². The zero-order valence-electron chi connectivity index (χ0n) is 18.9. The minimum absolute atomic E-state index is 0.268. The van der Waals surface area contributed by atoms with Gasteiger partial charge < -0.3 is 4.90 Å². The largest absolute Gasteiger partial charge is 0.303 e. The van der Waals surface area contributed by atoms with Gasteiger partial charge in [-0.3, -0.25) is 4.79 Å². The van der Waals surface area contributed by atoms with Gasteiger partial charge in [-0.1, -0.05) is 18.2 Å². The molecule has 0 amide bonds. The Morgan fingerprint density at radius 1 is 1.11 bits per heavy atom. The van der Waals surface area contributed by atoms with Crippen LogP contribution < -0.4 is 4.90 Å². The molecule has 3 aromatic heterocycles. The van der Waals surface area contributed by atoms with Gasteiger partial charge in [0.05, 0.1) is 17.6 Å². The summed E-state index contributed by atoms with van der Waals surface area (Å²) in [4.78, 5) is 22.9. The Hall–Kier alpha value is -2.68. The highest BCUT2D eigenvalue weighted by molar-refractivity contribution is 14.1. The van der Waals surface area contributed by atoms with E-state index < -0.39 is 10.0 Å². The molecule has 0 saturated heterocycles. The number of anilines is 2. The maximum absolute atomic E-state index is 11.9. The van der Waals surface area contributed by atoms with Gasteiger partial charge in [0.1, 0.15) is 5.69 Å². The van der Waals surface area contributed by atoms with E-state index in [4.69, 9.17) is 10.1 Å². The molecule has 12 heteroatoms. The zero-order chi connectivity index (χ0) is 24.7. The first-order valence-electron chi connectivity index (χ1n) is 10.7. The van der Waals surface area contributed by atoms with E-state index in [0.29, 0.717) is 41.8 Å². The Labute approximate surface area is 220 Å². The number of aldehydes is 1. The molecule has 1 aromatic carbocycles. The van der Waals surface area contributed by atoms with E-state index >= 15 is 0 Å². The Morgan fingerprint density at radius 3 is 2.54 bits per heavy atom. The highest BCUT2D eigenvalue weighted by atomic mass is 127. The Balaban J connectivity index is 1.51. The number of nitrogens with zero attached hydrogens (tertiary/aromatic N) is 6. The van der Waals surface area contributed by atoms with Gasteiger partial charge in [0.2, 0.25) is 10.0 Å². The molecule has 4 heterocycles. The molecule has 0 N–H and O–H groups in total. The number of halogens is 1. The summed E-state index contributed by atoms with van der Waals surface area (Å²) in [5.74, 6) is 0.523.